The topological polar surface area (TPSA) is 113 Å². The number of ether oxygens (including phenoxy) is 2. The summed E-state index contributed by atoms with van der Waals surface area (Å²) in [5.41, 5.74) is 3.82. The molecule has 9 nitrogen and oxygen atoms in total. The third kappa shape index (κ3) is 5.33. The summed E-state index contributed by atoms with van der Waals surface area (Å²) >= 11 is 6.69. The Morgan fingerprint density at radius 2 is 2.00 bits per heavy atom. The molecule has 0 bridgehead atoms. The first-order valence-electron chi connectivity index (χ1n) is 12.1. The van der Waals surface area contributed by atoms with Gasteiger partial charge in [0.2, 0.25) is 0 Å². The van der Waals surface area contributed by atoms with Crippen LogP contribution in [0.2, 0.25) is 5.02 Å². The molecule has 2 aromatic carbocycles. The van der Waals surface area contributed by atoms with Crippen LogP contribution >= 0.6 is 11.6 Å². The Morgan fingerprint density at radius 1 is 1.19 bits per heavy atom. The second-order valence-corrected chi connectivity index (χ2v) is 9.48. The summed E-state index contributed by atoms with van der Waals surface area (Å²) in [6.45, 7) is 1.64. The van der Waals surface area contributed by atoms with E-state index in [2.05, 4.69) is 32.0 Å². The van der Waals surface area contributed by atoms with Gasteiger partial charge in [-0.15, -0.1) is 0 Å². The van der Waals surface area contributed by atoms with E-state index in [-0.39, 0.29) is 18.1 Å². The number of nitrogens with one attached hydrogen (secondary N) is 4. The van der Waals surface area contributed by atoms with Crippen molar-refractivity contribution in [1.29, 1.82) is 0 Å². The van der Waals surface area contributed by atoms with Crippen LogP contribution in [0.15, 0.2) is 54.7 Å². The first-order chi connectivity index (χ1) is 18.0. The molecule has 37 heavy (non-hydrogen) atoms. The Balaban J connectivity index is 1.44. The molecule has 1 fully saturated rings. The molecular formula is C27H29ClN6O3. The number of carbonyl (C=O) groups excluding carboxylic acids is 1. The number of rotatable bonds is 9. The van der Waals surface area contributed by atoms with Crippen molar-refractivity contribution >= 4 is 34.4 Å². The smallest absolute Gasteiger partial charge is 0.257 e. The monoisotopic (exact) mass is 520 g/mol. The zero-order chi connectivity index (χ0) is 25.8. The van der Waals surface area contributed by atoms with Crippen LogP contribution in [0.25, 0.3) is 22.6 Å². The number of methoxy groups -OCH3 is 1. The minimum absolute atomic E-state index is 0.0383. The van der Waals surface area contributed by atoms with Crippen LogP contribution in [0.1, 0.15) is 12.0 Å². The number of benzene rings is 2. The van der Waals surface area contributed by atoms with E-state index in [1.54, 1.807) is 32.5 Å². The molecule has 4 aromatic rings. The van der Waals surface area contributed by atoms with Crippen molar-refractivity contribution in [3.8, 4) is 22.9 Å². The number of anilines is 1. The van der Waals surface area contributed by atoms with Gasteiger partial charge in [0.1, 0.15) is 22.8 Å². The number of likely N-dealkylation sites (N-methyl/N-ethyl adjacent to an activating group) is 1. The number of carbonyl (C=O) groups is 1. The van der Waals surface area contributed by atoms with Crippen LogP contribution in [0.4, 0.5) is 5.69 Å². The van der Waals surface area contributed by atoms with Crippen LogP contribution in [0, 0.1) is 0 Å². The third-order valence-corrected chi connectivity index (χ3v) is 6.89. The molecule has 5 rings (SSSR count). The summed E-state index contributed by atoms with van der Waals surface area (Å²) in [5, 5.41) is 10.3. The number of fused-ring (bicyclic) bond motifs is 1. The molecule has 1 saturated heterocycles. The molecular weight excluding hydrogens is 492 g/mol. The Labute approximate surface area is 219 Å². The van der Waals surface area contributed by atoms with Gasteiger partial charge in [-0.2, -0.15) is 0 Å². The number of para-hydroxylation sites is 1. The number of H-pyrrole nitrogens is 1. The van der Waals surface area contributed by atoms with Gasteiger partial charge in [0, 0.05) is 25.6 Å². The van der Waals surface area contributed by atoms with Gasteiger partial charge >= 0.3 is 0 Å². The summed E-state index contributed by atoms with van der Waals surface area (Å²) in [5.74, 6) is 1.94. The molecule has 1 atom stereocenters. The molecule has 1 aliphatic heterocycles. The fraction of sp³-hybridized carbons (Fsp3) is 0.296. The zero-order valence-electron chi connectivity index (χ0n) is 20.7. The largest absolute Gasteiger partial charge is 0.496 e. The molecule has 10 heteroatoms. The van der Waals surface area contributed by atoms with Gasteiger partial charge in [0.05, 0.1) is 29.6 Å². The number of hydrogen-bond acceptors (Lipinski definition) is 7. The van der Waals surface area contributed by atoms with Crippen molar-refractivity contribution < 1.29 is 14.3 Å². The lowest BCUT2D eigenvalue weighted by atomic mass is 9.89. The van der Waals surface area contributed by atoms with Gasteiger partial charge in [0.25, 0.3) is 5.91 Å². The summed E-state index contributed by atoms with van der Waals surface area (Å²) in [6.07, 6.45) is 3.32. The first-order valence-corrected chi connectivity index (χ1v) is 12.5. The second kappa shape index (κ2) is 10.7. The molecule has 0 unspecified atom stereocenters. The fourth-order valence-electron chi connectivity index (χ4n) is 4.65. The molecule has 0 saturated carbocycles. The maximum Gasteiger partial charge on any atom is 0.257 e. The quantitative estimate of drug-likeness (QED) is 0.265. The summed E-state index contributed by atoms with van der Waals surface area (Å²) in [6, 6.07) is 15.5. The van der Waals surface area contributed by atoms with Crippen molar-refractivity contribution in [3.63, 3.8) is 0 Å². The maximum absolute atomic E-state index is 11.4. The lowest BCUT2D eigenvalue weighted by Gasteiger charge is -2.32. The SMILES string of the molecule is CNC(=O)COc1ccc(-c2nc3ncc(Cl)c(N[C@@]4(Cc5ccccc5OC)CCNC4)c3[nH]2)cc1. The van der Waals surface area contributed by atoms with Crippen LogP contribution in [0.5, 0.6) is 11.5 Å². The van der Waals surface area contributed by atoms with Gasteiger partial charge in [0.15, 0.2) is 12.3 Å². The molecule has 0 radical (unpaired) electrons. The molecule has 1 amide bonds. The molecule has 0 aliphatic carbocycles. The van der Waals surface area contributed by atoms with Crippen LogP contribution in [-0.4, -0.2) is 60.3 Å². The molecule has 192 valence electrons. The van der Waals surface area contributed by atoms with Crippen LogP contribution in [0.3, 0.4) is 0 Å². The number of nitrogens with zero attached hydrogens (tertiary/aromatic N) is 2. The second-order valence-electron chi connectivity index (χ2n) is 9.07. The number of aromatic amines is 1. The van der Waals surface area contributed by atoms with Gasteiger partial charge in [-0.05, 0) is 48.9 Å². The number of imidazole rings is 1. The van der Waals surface area contributed by atoms with Crippen molar-refractivity contribution in [2.24, 2.45) is 0 Å². The highest BCUT2D eigenvalue weighted by molar-refractivity contribution is 6.34. The maximum atomic E-state index is 11.4. The molecule has 3 heterocycles. The third-order valence-electron chi connectivity index (χ3n) is 6.61. The van der Waals surface area contributed by atoms with Gasteiger partial charge < -0.3 is 30.4 Å². The van der Waals surface area contributed by atoms with Gasteiger partial charge in [-0.25, -0.2) is 9.97 Å². The van der Waals surface area contributed by atoms with E-state index in [1.165, 1.54) is 0 Å². The van der Waals surface area contributed by atoms with Crippen molar-refractivity contribution in [2.45, 2.75) is 18.4 Å². The minimum atomic E-state index is -0.262. The minimum Gasteiger partial charge on any atom is -0.496 e. The normalized spacial score (nSPS) is 17.1. The molecule has 4 N–H and O–H groups in total. The standard InChI is InChI=1S/C27H29ClN6O3/c1-29-22(35)15-37-19-9-7-17(8-10-19)25-32-24-23(20(28)14-31-26(24)33-25)34-27(11-12-30-16-27)13-18-5-3-4-6-21(18)36-2/h3-10,14,30H,11-13,15-16H2,1-2H3,(H,29,35)(H2,31,32,33,34)/t27-/m1/s1. The number of pyridine rings is 1. The zero-order valence-corrected chi connectivity index (χ0v) is 21.5. The number of amides is 1. The van der Waals surface area contributed by atoms with E-state index in [0.717, 1.165) is 54.0 Å². The molecule has 1 aliphatic rings. The highest BCUT2D eigenvalue weighted by atomic mass is 35.5. The molecule has 2 aromatic heterocycles. The van der Waals surface area contributed by atoms with E-state index in [4.69, 9.17) is 26.1 Å². The Bertz CT molecular complexity index is 1400. The predicted molar refractivity (Wildman–Crippen MR) is 144 cm³/mol. The van der Waals surface area contributed by atoms with Gasteiger partial charge in [-0.3, -0.25) is 4.79 Å². The Morgan fingerprint density at radius 3 is 2.73 bits per heavy atom. The van der Waals surface area contributed by atoms with Crippen molar-refractivity contribution in [2.75, 3.05) is 39.2 Å². The lowest BCUT2D eigenvalue weighted by molar-refractivity contribution is -0.122. The van der Waals surface area contributed by atoms with E-state index in [9.17, 15) is 4.79 Å². The van der Waals surface area contributed by atoms with Gasteiger partial charge in [-0.1, -0.05) is 29.8 Å². The fourth-order valence-corrected chi connectivity index (χ4v) is 4.84. The average Bonchev–Trinajstić information content (AvgIpc) is 3.57. The van der Waals surface area contributed by atoms with E-state index >= 15 is 0 Å². The number of hydrogen-bond donors (Lipinski definition) is 4. The van der Waals surface area contributed by atoms with Crippen molar-refractivity contribution in [1.82, 2.24) is 25.6 Å². The number of aromatic nitrogens is 3. The Kier molecular flexibility index (Phi) is 7.16. The van der Waals surface area contributed by atoms with Crippen LogP contribution in [-0.2, 0) is 11.2 Å². The lowest BCUT2D eigenvalue weighted by Crippen LogP contribution is -2.43. The van der Waals surface area contributed by atoms with E-state index in [1.807, 2.05) is 30.3 Å². The summed E-state index contributed by atoms with van der Waals surface area (Å²) in [7, 11) is 3.27. The highest BCUT2D eigenvalue weighted by Gasteiger charge is 2.36. The number of halogens is 1. The van der Waals surface area contributed by atoms with E-state index in [0.29, 0.717) is 22.2 Å². The summed E-state index contributed by atoms with van der Waals surface area (Å²) in [4.78, 5) is 24.0. The van der Waals surface area contributed by atoms with Crippen molar-refractivity contribution in [3.05, 3.63) is 65.3 Å². The average molecular weight is 521 g/mol. The summed E-state index contributed by atoms with van der Waals surface area (Å²) < 4.78 is 11.1. The predicted octanol–water partition coefficient (Wildman–Crippen LogP) is 3.80. The highest BCUT2D eigenvalue weighted by Crippen LogP contribution is 2.36. The molecule has 0 spiro atoms. The first kappa shape index (κ1) is 24.9. The Hall–Kier alpha value is -3.82. The van der Waals surface area contributed by atoms with E-state index < -0.39 is 0 Å². The van der Waals surface area contributed by atoms with Crippen LogP contribution < -0.4 is 25.4 Å².